The van der Waals surface area contributed by atoms with Gasteiger partial charge in [0.25, 0.3) is 0 Å². The first-order chi connectivity index (χ1) is 8.24. The first-order valence-corrected chi connectivity index (χ1v) is 6.73. The highest BCUT2D eigenvalue weighted by Crippen LogP contribution is 2.28. The van der Waals surface area contributed by atoms with Crippen LogP contribution in [0.1, 0.15) is 19.8 Å². The molecule has 88 valence electrons. The number of ketones is 1. The van der Waals surface area contributed by atoms with Crippen molar-refractivity contribution in [3.8, 4) is 0 Å². The molecule has 1 aliphatic heterocycles. The van der Waals surface area contributed by atoms with Gasteiger partial charge in [-0.05, 0) is 25.1 Å². The van der Waals surface area contributed by atoms with E-state index in [0.29, 0.717) is 24.7 Å². The van der Waals surface area contributed by atoms with Crippen LogP contribution in [0.3, 0.4) is 0 Å². The van der Waals surface area contributed by atoms with E-state index in [-0.39, 0.29) is 0 Å². The average Bonchev–Trinajstić information content (AvgIpc) is 2.75. The van der Waals surface area contributed by atoms with E-state index in [1.54, 1.807) is 11.3 Å². The van der Waals surface area contributed by atoms with Crippen LogP contribution in [-0.4, -0.2) is 23.4 Å². The van der Waals surface area contributed by atoms with E-state index in [2.05, 4.69) is 35.0 Å². The summed E-state index contributed by atoms with van der Waals surface area (Å²) in [6.07, 6.45) is 1.34. The van der Waals surface area contributed by atoms with Crippen LogP contribution in [-0.2, 0) is 4.79 Å². The standard InChI is InChI=1S/C13H14N2OS/c1-9-6-11(16)4-5-15(9)10-2-3-12-13(7-10)17-8-14-12/h2-3,7-9H,4-6H2,1H3. The minimum absolute atomic E-state index is 0.307. The molecular formula is C13H14N2OS. The minimum Gasteiger partial charge on any atom is -0.368 e. The Labute approximate surface area is 104 Å². The van der Waals surface area contributed by atoms with Gasteiger partial charge in [0.05, 0.1) is 15.7 Å². The fraction of sp³-hybridized carbons (Fsp3) is 0.385. The molecule has 17 heavy (non-hydrogen) atoms. The monoisotopic (exact) mass is 246 g/mol. The second-order valence-electron chi connectivity index (χ2n) is 4.54. The predicted octanol–water partition coefficient (Wildman–Crippen LogP) is 2.85. The number of nitrogens with zero attached hydrogens (tertiary/aromatic N) is 2. The molecule has 3 rings (SSSR count). The van der Waals surface area contributed by atoms with Crippen molar-refractivity contribution in [2.45, 2.75) is 25.8 Å². The highest BCUT2D eigenvalue weighted by molar-refractivity contribution is 7.16. The zero-order valence-corrected chi connectivity index (χ0v) is 10.5. The molecule has 0 bridgehead atoms. The molecule has 1 unspecified atom stereocenters. The van der Waals surface area contributed by atoms with Crippen LogP contribution in [0.2, 0.25) is 0 Å². The van der Waals surface area contributed by atoms with E-state index in [9.17, 15) is 4.79 Å². The second kappa shape index (κ2) is 4.11. The Morgan fingerprint density at radius 1 is 1.47 bits per heavy atom. The van der Waals surface area contributed by atoms with Crippen molar-refractivity contribution in [2.75, 3.05) is 11.4 Å². The van der Waals surface area contributed by atoms with Gasteiger partial charge < -0.3 is 4.90 Å². The van der Waals surface area contributed by atoms with Crippen LogP contribution >= 0.6 is 11.3 Å². The molecule has 0 saturated carbocycles. The van der Waals surface area contributed by atoms with Gasteiger partial charge >= 0.3 is 0 Å². The maximum absolute atomic E-state index is 11.4. The summed E-state index contributed by atoms with van der Waals surface area (Å²) in [5.41, 5.74) is 4.14. The first kappa shape index (κ1) is 10.7. The molecule has 0 aliphatic carbocycles. The summed E-state index contributed by atoms with van der Waals surface area (Å²) in [4.78, 5) is 18.0. The van der Waals surface area contributed by atoms with Gasteiger partial charge in [-0.25, -0.2) is 4.98 Å². The van der Waals surface area contributed by atoms with E-state index >= 15 is 0 Å². The van der Waals surface area contributed by atoms with Gasteiger partial charge in [-0.3, -0.25) is 4.79 Å². The fourth-order valence-electron chi connectivity index (χ4n) is 2.41. The number of hydrogen-bond donors (Lipinski definition) is 0. The molecule has 1 fully saturated rings. The maximum Gasteiger partial charge on any atom is 0.136 e. The lowest BCUT2D eigenvalue weighted by atomic mass is 10.0. The van der Waals surface area contributed by atoms with Crippen LogP contribution < -0.4 is 4.90 Å². The van der Waals surface area contributed by atoms with E-state index in [1.165, 1.54) is 10.4 Å². The zero-order valence-electron chi connectivity index (χ0n) is 9.72. The number of rotatable bonds is 1. The van der Waals surface area contributed by atoms with Gasteiger partial charge in [0.15, 0.2) is 0 Å². The van der Waals surface area contributed by atoms with Crippen LogP contribution in [0, 0.1) is 0 Å². The van der Waals surface area contributed by atoms with Gasteiger partial charge in [0, 0.05) is 31.1 Å². The number of carbonyl (C=O) groups is 1. The molecule has 1 aromatic carbocycles. The van der Waals surface area contributed by atoms with Gasteiger partial charge in [-0.15, -0.1) is 11.3 Å². The summed E-state index contributed by atoms with van der Waals surface area (Å²) in [7, 11) is 0. The second-order valence-corrected chi connectivity index (χ2v) is 5.43. The van der Waals surface area contributed by atoms with Crippen LogP contribution in [0.15, 0.2) is 23.7 Å². The van der Waals surface area contributed by atoms with Crippen molar-refractivity contribution in [2.24, 2.45) is 0 Å². The number of Topliss-reactive ketones (excluding diaryl/α,β-unsaturated/α-hetero) is 1. The third-order valence-corrected chi connectivity index (χ3v) is 4.12. The molecule has 1 aromatic heterocycles. The number of thiazole rings is 1. The van der Waals surface area contributed by atoms with E-state index in [1.807, 2.05) is 5.51 Å². The Balaban J connectivity index is 1.94. The molecule has 0 N–H and O–H groups in total. The minimum atomic E-state index is 0.307. The Hall–Kier alpha value is -1.42. The van der Waals surface area contributed by atoms with Crippen molar-refractivity contribution in [1.29, 1.82) is 0 Å². The van der Waals surface area contributed by atoms with Gasteiger partial charge in [-0.2, -0.15) is 0 Å². The van der Waals surface area contributed by atoms with Crippen molar-refractivity contribution in [3.63, 3.8) is 0 Å². The molecule has 0 radical (unpaired) electrons. The number of aromatic nitrogens is 1. The van der Waals surface area contributed by atoms with Crippen LogP contribution in [0.25, 0.3) is 10.2 Å². The highest BCUT2D eigenvalue weighted by Gasteiger charge is 2.23. The zero-order chi connectivity index (χ0) is 11.8. The molecule has 0 amide bonds. The van der Waals surface area contributed by atoms with E-state index in [0.717, 1.165) is 12.1 Å². The maximum atomic E-state index is 11.4. The van der Waals surface area contributed by atoms with Crippen LogP contribution in [0.5, 0.6) is 0 Å². The number of anilines is 1. The molecule has 1 aliphatic rings. The summed E-state index contributed by atoms with van der Waals surface area (Å²) in [5.74, 6) is 0.382. The summed E-state index contributed by atoms with van der Waals surface area (Å²) in [6, 6.07) is 6.65. The van der Waals surface area contributed by atoms with E-state index in [4.69, 9.17) is 0 Å². The third kappa shape index (κ3) is 1.93. The lowest BCUT2D eigenvalue weighted by Gasteiger charge is -2.34. The van der Waals surface area contributed by atoms with Gasteiger partial charge in [0.2, 0.25) is 0 Å². The van der Waals surface area contributed by atoms with Gasteiger partial charge in [-0.1, -0.05) is 0 Å². The van der Waals surface area contributed by atoms with Crippen molar-refractivity contribution in [3.05, 3.63) is 23.7 Å². The molecule has 2 heterocycles. The molecular weight excluding hydrogens is 232 g/mol. The first-order valence-electron chi connectivity index (χ1n) is 5.85. The summed E-state index contributed by atoms with van der Waals surface area (Å²) < 4.78 is 1.21. The molecule has 1 saturated heterocycles. The summed E-state index contributed by atoms with van der Waals surface area (Å²) in [5, 5.41) is 0. The Morgan fingerprint density at radius 2 is 2.35 bits per heavy atom. The van der Waals surface area contributed by atoms with Crippen molar-refractivity contribution in [1.82, 2.24) is 4.98 Å². The van der Waals surface area contributed by atoms with Crippen molar-refractivity contribution < 1.29 is 4.79 Å². The lowest BCUT2D eigenvalue weighted by molar-refractivity contribution is -0.120. The molecule has 1 atom stereocenters. The molecule has 0 spiro atoms. The molecule has 4 heteroatoms. The average molecular weight is 246 g/mol. The van der Waals surface area contributed by atoms with Crippen molar-refractivity contribution >= 4 is 33.0 Å². The van der Waals surface area contributed by atoms with E-state index < -0.39 is 0 Å². The predicted molar refractivity (Wildman–Crippen MR) is 70.7 cm³/mol. The highest BCUT2D eigenvalue weighted by atomic mass is 32.1. The fourth-order valence-corrected chi connectivity index (χ4v) is 3.12. The molecule has 3 nitrogen and oxygen atoms in total. The number of hydrogen-bond acceptors (Lipinski definition) is 4. The number of fused-ring (bicyclic) bond motifs is 1. The SMILES string of the molecule is CC1CC(=O)CCN1c1ccc2ncsc2c1. The van der Waals surface area contributed by atoms with Gasteiger partial charge in [0.1, 0.15) is 5.78 Å². The normalized spacial score (nSPS) is 21.1. The molecule has 2 aromatic rings. The summed E-state index contributed by atoms with van der Waals surface area (Å²) in [6.45, 7) is 2.96. The summed E-state index contributed by atoms with van der Waals surface area (Å²) >= 11 is 1.66. The largest absolute Gasteiger partial charge is 0.368 e. The number of benzene rings is 1. The van der Waals surface area contributed by atoms with Crippen LogP contribution in [0.4, 0.5) is 5.69 Å². The third-order valence-electron chi connectivity index (χ3n) is 3.33. The quantitative estimate of drug-likeness (QED) is 0.775. The Bertz CT molecular complexity index is 563. The number of carbonyl (C=O) groups excluding carboxylic acids is 1. The smallest absolute Gasteiger partial charge is 0.136 e. The topological polar surface area (TPSA) is 33.2 Å². The number of piperidine rings is 1. The Morgan fingerprint density at radius 3 is 3.18 bits per heavy atom. The lowest BCUT2D eigenvalue weighted by Crippen LogP contribution is -2.41. The Kier molecular flexibility index (Phi) is 2.59.